The molecule has 0 aliphatic rings. The molecule has 8 nitrogen and oxygen atoms in total. The molecule has 1 aromatic heterocycles. The molecule has 0 fully saturated rings. The normalized spacial score (nSPS) is 10.4. The van der Waals surface area contributed by atoms with Gasteiger partial charge in [-0.3, -0.25) is 19.6 Å². The molecule has 138 valence electrons. The van der Waals surface area contributed by atoms with Crippen molar-refractivity contribution in [1.82, 2.24) is 9.78 Å². The first-order chi connectivity index (χ1) is 13.0. The van der Waals surface area contributed by atoms with Gasteiger partial charge in [0.15, 0.2) is 0 Å². The molecule has 0 radical (unpaired) electrons. The molecule has 2 aromatic carbocycles. The number of nitro benzene ring substituents is 1. The monoisotopic (exact) mass is 366 g/mol. The van der Waals surface area contributed by atoms with Crippen molar-refractivity contribution in [3.8, 4) is 5.75 Å². The van der Waals surface area contributed by atoms with Crippen molar-refractivity contribution in [1.29, 1.82) is 0 Å². The third-order valence-electron chi connectivity index (χ3n) is 4.12. The largest absolute Gasteiger partial charge is 0.497 e. The van der Waals surface area contributed by atoms with E-state index >= 15 is 0 Å². The predicted molar refractivity (Wildman–Crippen MR) is 100 cm³/mol. The fourth-order valence-electron chi connectivity index (χ4n) is 2.74. The van der Waals surface area contributed by atoms with Crippen LogP contribution in [0.15, 0.2) is 54.9 Å². The van der Waals surface area contributed by atoms with Crippen LogP contribution in [0.25, 0.3) is 0 Å². The quantitative estimate of drug-likeness (QED) is 0.532. The molecule has 0 atom stereocenters. The molecule has 0 saturated heterocycles. The first-order valence-electron chi connectivity index (χ1n) is 8.18. The summed E-state index contributed by atoms with van der Waals surface area (Å²) in [6.07, 6.45) is 3.23. The number of methoxy groups -OCH3 is 1. The van der Waals surface area contributed by atoms with E-state index in [0.29, 0.717) is 17.8 Å². The van der Waals surface area contributed by atoms with Crippen LogP contribution in [0.3, 0.4) is 0 Å². The summed E-state index contributed by atoms with van der Waals surface area (Å²) in [6.45, 7) is 2.07. The van der Waals surface area contributed by atoms with E-state index in [1.165, 1.54) is 18.3 Å². The Labute approximate surface area is 155 Å². The van der Waals surface area contributed by atoms with Gasteiger partial charge in [-0.05, 0) is 30.7 Å². The predicted octanol–water partition coefficient (Wildman–Crippen LogP) is 3.41. The Bertz CT molecular complexity index is 997. The lowest BCUT2D eigenvalue weighted by Crippen LogP contribution is -2.13. The zero-order valence-electron chi connectivity index (χ0n) is 14.9. The minimum Gasteiger partial charge on any atom is -0.497 e. The summed E-state index contributed by atoms with van der Waals surface area (Å²) in [5, 5.41) is 18.0. The molecule has 0 aliphatic carbocycles. The lowest BCUT2D eigenvalue weighted by Gasteiger charge is -2.06. The molecule has 1 heterocycles. The van der Waals surface area contributed by atoms with Gasteiger partial charge in [0.1, 0.15) is 5.75 Å². The number of carbonyl (C=O) groups excluding carboxylic acids is 1. The molecule has 0 aliphatic heterocycles. The Morgan fingerprint density at radius 2 is 2.07 bits per heavy atom. The van der Waals surface area contributed by atoms with E-state index in [2.05, 4.69) is 10.4 Å². The number of amides is 1. The second-order valence-corrected chi connectivity index (χ2v) is 5.94. The van der Waals surface area contributed by atoms with Gasteiger partial charge in [0, 0.05) is 23.4 Å². The number of nitrogens with zero attached hydrogens (tertiary/aromatic N) is 3. The van der Waals surface area contributed by atoms with Gasteiger partial charge in [-0.25, -0.2) is 0 Å². The Kier molecular flexibility index (Phi) is 5.16. The maximum Gasteiger partial charge on any atom is 0.273 e. The second kappa shape index (κ2) is 7.69. The Balaban J connectivity index is 1.73. The molecular formula is C19H18N4O4. The number of benzene rings is 2. The minimum absolute atomic E-state index is 0.0867. The van der Waals surface area contributed by atoms with Crippen LogP contribution in [0.2, 0.25) is 0 Å². The Hall–Kier alpha value is -3.68. The first kappa shape index (κ1) is 18.1. The van der Waals surface area contributed by atoms with Crippen LogP contribution in [-0.2, 0) is 6.54 Å². The van der Waals surface area contributed by atoms with E-state index in [1.54, 1.807) is 31.0 Å². The van der Waals surface area contributed by atoms with Crippen LogP contribution < -0.4 is 10.1 Å². The van der Waals surface area contributed by atoms with Gasteiger partial charge >= 0.3 is 0 Å². The fraction of sp³-hybridized carbons (Fsp3) is 0.158. The smallest absolute Gasteiger partial charge is 0.273 e. The lowest BCUT2D eigenvalue weighted by atomic mass is 10.1. The summed E-state index contributed by atoms with van der Waals surface area (Å²) in [5.74, 6) is 0.339. The summed E-state index contributed by atoms with van der Waals surface area (Å²) in [6, 6.07) is 12.0. The van der Waals surface area contributed by atoms with E-state index in [1.807, 2.05) is 24.3 Å². The lowest BCUT2D eigenvalue weighted by molar-refractivity contribution is -0.385. The number of carbonyl (C=O) groups is 1. The fourth-order valence-corrected chi connectivity index (χ4v) is 2.74. The third-order valence-corrected chi connectivity index (χ3v) is 4.12. The molecule has 27 heavy (non-hydrogen) atoms. The topological polar surface area (TPSA) is 99.3 Å². The van der Waals surface area contributed by atoms with Crippen LogP contribution in [0.4, 0.5) is 11.4 Å². The average molecular weight is 366 g/mol. The number of hydrogen-bond donors (Lipinski definition) is 1. The number of hydrogen-bond acceptors (Lipinski definition) is 5. The standard InChI is InChI=1S/C19H18N4O4/c1-13-17(7-4-8-18(13)23(25)26)19(24)21-15-10-20-22(12-15)11-14-5-3-6-16(9-14)27-2/h3-10,12H,11H2,1-2H3,(H,21,24). The Morgan fingerprint density at radius 3 is 2.81 bits per heavy atom. The van der Waals surface area contributed by atoms with Gasteiger partial charge in [-0.15, -0.1) is 0 Å². The molecule has 1 amide bonds. The highest BCUT2D eigenvalue weighted by atomic mass is 16.6. The highest BCUT2D eigenvalue weighted by Crippen LogP contribution is 2.22. The number of nitrogens with one attached hydrogen (secondary N) is 1. The summed E-state index contributed by atoms with van der Waals surface area (Å²) in [4.78, 5) is 23.0. The van der Waals surface area contributed by atoms with Crippen molar-refractivity contribution < 1.29 is 14.5 Å². The van der Waals surface area contributed by atoms with Gasteiger partial charge in [0.2, 0.25) is 0 Å². The van der Waals surface area contributed by atoms with E-state index in [0.717, 1.165) is 11.3 Å². The van der Waals surface area contributed by atoms with Crippen LogP contribution in [0.1, 0.15) is 21.5 Å². The van der Waals surface area contributed by atoms with Gasteiger partial charge in [0.25, 0.3) is 11.6 Å². The first-order valence-corrected chi connectivity index (χ1v) is 8.18. The van der Waals surface area contributed by atoms with Gasteiger partial charge < -0.3 is 10.1 Å². The second-order valence-electron chi connectivity index (χ2n) is 5.94. The molecule has 0 bridgehead atoms. The molecule has 3 rings (SSSR count). The molecular weight excluding hydrogens is 348 g/mol. The SMILES string of the molecule is COc1cccc(Cn2cc(NC(=O)c3cccc([N+](=O)[O-])c3C)cn2)c1. The maximum atomic E-state index is 12.5. The van der Waals surface area contributed by atoms with Crippen molar-refractivity contribution in [3.63, 3.8) is 0 Å². The zero-order chi connectivity index (χ0) is 19.4. The number of nitro groups is 1. The third kappa shape index (κ3) is 4.12. The molecule has 3 aromatic rings. The van der Waals surface area contributed by atoms with Crippen LogP contribution in [0.5, 0.6) is 5.75 Å². The van der Waals surface area contributed by atoms with Crippen LogP contribution >= 0.6 is 0 Å². The summed E-state index contributed by atoms with van der Waals surface area (Å²) < 4.78 is 6.89. The maximum absolute atomic E-state index is 12.5. The molecule has 0 saturated carbocycles. The minimum atomic E-state index is -0.502. The number of rotatable bonds is 6. The van der Waals surface area contributed by atoms with E-state index < -0.39 is 10.8 Å². The zero-order valence-corrected chi connectivity index (χ0v) is 14.9. The summed E-state index contributed by atoms with van der Waals surface area (Å²) >= 11 is 0. The highest BCUT2D eigenvalue weighted by Gasteiger charge is 2.18. The van der Waals surface area contributed by atoms with E-state index in [4.69, 9.17) is 4.74 Å². The number of anilines is 1. The van der Waals surface area contributed by atoms with Crippen molar-refractivity contribution in [3.05, 3.63) is 81.7 Å². The molecule has 1 N–H and O–H groups in total. The van der Waals surface area contributed by atoms with E-state index in [9.17, 15) is 14.9 Å². The highest BCUT2D eigenvalue weighted by molar-refractivity contribution is 6.05. The van der Waals surface area contributed by atoms with Crippen molar-refractivity contribution in [2.45, 2.75) is 13.5 Å². The summed E-state index contributed by atoms with van der Waals surface area (Å²) in [5.41, 5.74) is 2.00. The summed E-state index contributed by atoms with van der Waals surface area (Å²) in [7, 11) is 1.61. The van der Waals surface area contributed by atoms with Gasteiger partial charge in [-0.2, -0.15) is 5.10 Å². The average Bonchev–Trinajstić information content (AvgIpc) is 3.08. The van der Waals surface area contributed by atoms with E-state index in [-0.39, 0.29) is 11.3 Å². The number of aromatic nitrogens is 2. The number of ether oxygens (including phenoxy) is 1. The van der Waals surface area contributed by atoms with Crippen molar-refractivity contribution in [2.75, 3.05) is 12.4 Å². The Morgan fingerprint density at radius 1 is 1.30 bits per heavy atom. The van der Waals surface area contributed by atoms with Gasteiger partial charge in [-0.1, -0.05) is 18.2 Å². The van der Waals surface area contributed by atoms with Crippen molar-refractivity contribution >= 4 is 17.3 Å². The molecule has 0 unspecified atom stereocenters. The molecule has 0 spiro atoms. The van der Waals surface area contributed by atoms with Crippen LogP contribution in [-0.4, -0.2) is 27.7 Å². The molecule has 8 heteroatoms. The van der Waals surface area contributed by atoms with Gasteiger partial charge in [0.05, 0.1) is 30.5 Å². The van der Waals surface area contributed by atoms with Crippen molar-refractivity contribution in [2.24, 2.45) is 0 Å². The van der Waals surface area contributed by atoms with Crippen LogP contribution in [0, 0.1) is 17.0 Å².